The molecule has 3 heteroatoms. The number of anilines is 1. The Balaban J connectivity index is 1.91. The third-order valence-electron chi connectivity index (χ3n) is 3.83. The number of nitrogens with one attached hydrogen (secondary N) is 1. The van der Waals surface area contributed by atoms with Crippen LogP contribution in [0.1, 0.15) is 25.3 Å². The number of benzene rings is 1. The Morgan fingerprint density at radius 1 is 1.21 bits per heavy atom. The average Bonchev–Trinajstić information content (AvgIpc) is 2.85. The minimum Gasteiger partial charge on any atom is -0.372 e. The van der Waals surface area contributed by atoms with E-state index in [0.29, 0.717) is 12.2 Å². The van der Waals surface area contributed by atoms with E-state index in [9.17, 15) is 0 Å². The molecule has 2 rings (SSSR count). The van der Waals surface area contributed by atoms with Gasteiger partial charge in [-0.3, -0.25) is 0 Å². The minimum absolute atomic E-state index is 0.375. The molecule has 2 atom stereocenters. The molecule has 1 aliphatic heterocycles. The van der Waals surface area contributed by atoms with Gasteiger partial charge >= 0.3 is 0 Å². The van der Waals surface area contributed by atoms with Gasteiger partial charge in [0.25, 0.3) is 0 Å². The van der Waals surface area contributed by atoms with E-state index >= 15 is 0 Å². The van der Waals surface area contributed by atoms with Crippen LogP contribution >= 0.6 is 0 Å². The van der Waals surface area contributed by atoms with Crippen LogP contribution in [0.25, 0.3) is 0 Å². The Hall–Kier alpha value is -1.06. The zero-order valence-electron chi connectivity index (χ0n) is 12.4. The molecular weight excluding hydrogens is 236 g/mol. The summed E-state index contributed by atoms with van der Waals surface area (Å²) < 4.78 is 6.08. The lowest BCUT2D eigenvalue weighted by Crippen LogP contribution is -2.33. The molecule has 106 valence electrons. The van der Waals surface area contributed by atoms with Crippen molar-refractivity contribution in [3.8, 4) is 0 Å². The molecule has 2 unspecified atom stereocenters. The lowest BCUT2D eigenvalue weighted by molar-refractivity contribution is 0.0506. The van der Waals surface area contributed by atoms with Crippen LogP contribution in [0.15, 0.2) is 24.3 Å². The summed E-state index contributed by atoms with van der Waals surface area (Å²) in [5.41, 5.74) is 2.61. The molecule has 1 heterocycles. The second kappa shape index (κ2) is 6.92. The van der Waals surface area contributed by atoms with E-state index in [-0.39, 0.29) is 0 Å². The summed E-state index contributed by atoms with van der Waals surface area (Å²) in [7, 11) is 1.99. The fourth-order valence-corrected chi connectivity index (χ4v) is 2.71. The molecule has 0 aromatic heterocycles. The zero-order chi connectivity index (χ0) is 13.7. The van der Waals surface area contributed by atoms with Crippen molar-refractivity contribution in [1.29, 1.82) is 0 Å². The van der Waals surface area contributed by atoms with Crippen molar-refractivity contribution >= 4 is 5.69 Å². The Labute approximate surface area is 116 Å². The summed E-state index contributed by atoms with van der Waals surface area (Å²) in [5, 5.41) is 3.20. The van der Waals surface area contributed by atoms with Gasteiger partial charge in [0.2, 0.25) is 0 Å². The average molecular weight is 262 g/mol. The number of aryl methyl sites for hydroxylation is 1. The van der Waals surface area contributed by atoms with Crippen LogP contribution in [0.5, 0.6) is 0 Å². The summed E-state index contributed by atoms with van der Waals surface area (Å²) in [5.74, 6) is 0. The first-order chi connectivity index (χ1) is 9.22. The van der Waals surface area contributed by atoms with Gasteiger partial charge in [0.1, 0.15) is 0 Å². The van der Waals surface area contributed by atoms with Crippen molar-refractivity contribution < 1.29 is 4.74 Å². The predicted molar refractivity (Wildman–Crippen MR) is 80.9 cm³/mol. The topological polar surface area (TPSA) is 24.5 Å². The van der Waals surface area contributed by atoms with Gasteiger partial charge in [-0.2, -0.15) is 0 Å². The zero-order valence-corrected chi connectivity index (χ0v) is 12.4. The number of hydrogen-bond acceptors (Lipinski definition) is 3. The van der Waals surface area contributed by atoms with Crippen LogP contribution in [0.4, 0.5) is 5.69 Å². The summed E-state index contributed by atoms with van der Waals surface area (Å²) in [6.07, 6.45) is 3.12. The van der Waals surface area contributed by atoms with Crippen molar-refractivity contribution in [2.24, 2.45) is 0 Å². The molecule has 0 spiro atoms. The van der Waals surface area contributed by atoms with Gasteiger partial charge in [-0.1, -0.05) is 17.7 Å². The third kappa shape index (κ3) is 3.95. The highest BCUT2D eigenvalue weighted by molar-refractivity contribution is 5.47. The van der Waals surface area contributed by atoms with Crippen LogP contribution in [0.3, 0.4) is 0 Å². The van der Waals surface area contributed by atoms with Crippen molar-refractivity contribution in [3.63, 3.8) is 0 Å². The molecule has 1 aromatic carbocycles. The lowest BCUT2D eigenvalue weighted by Gasteiger charge is -2.26. The molecule has 1 fully saturated rings. The van der Waals surface area contributed by atoms with Crippen LogP contribution in [-0.4, -0.2) is 38.9 Å². The number of ether oxygens (including phenoxy) is 1. The van der Waals surface area contributed by atoms with E-state index in [1.54, 1.807) is 0 Å². The molecule has 1 aromatic rings. The maximum Gasteiger partial charge on any atom is 0.0755 e. The van der Waals surface area contributed by atoms with Gasteiger partial charge in [0, 0.05) is 25.3 Å². The van der Waals surface area contributed by atoms with E-state index in [1.807, 2.05) is 7.05 Å². The minimum atomic E-state index is 0.375. The highest BCUT2D eigenvalue weighted by atomic mass is 16.5. The van der Waals surface area contributed by atoms with Crippen LogP contribution < -0.4 is 10.2 Å². The molecule has 19 heavy (non-hydrogen) atoms. The fourth-order valence-electron chi connectivity index (χ4n) is 2.71. The van der Waals surface area contributed by atoms with Crippen LogP contribution in [0.2, 0.25) is 0 Å². The van der Waals surface area contributed by atoms with Gasteiger partial charge in [-0.15, -0.1) is 0 Å². The van der Waals surface area contributed by atoms with Gasteiger partial charge in [-0.25, -0.2) is 0 Å². The SMILES string of the molecule is CCN(CC1CCC(CNC)O1)c1ccc(C)cc1. The van der Waals surface area contributed by atoms with Crippen molar-refractivity contribution in [2.45, 2.75) is 38.9 Å². The Kier molecular flexibility index (Phi) is 5.23. The Morgan fingerprint density at radius 2 is 1.89 bits per heavy atom. The van der Waals surface area contributed by atoms with Gasteiger partial charge < -0.3 is 15.0 Å². The van der Waals surface area contributed by atoms with Crippen LogP contribution in [0, 0.1) is 6.92 Å². The molecule has 1 N–H and O–H groups in total. The first-order valence-electron chi connectivity index (χ1n) is 7.34. The number of likely N-dealkylation sites (N-methyl/N-ethyl adjacent to an activating group) is 2. The standard InChI is InChI=1S/C16H26N2O/c1-4-18(14-7-5-13(2)6-8-14)12-16-10-9-15(19-16)11-17-3/h5-8,15-17H,4,9-12H2,1-3H3. The number of hydrogen-bond donors (Lipinski definition) is 1. The van der Waals surface area contributed by atoms with Crippen molar-refractivity contribution in [2.75, 3.05) is 31.6 Å². The number of nitrogens with zero attached hydrogens (tertiary/aromatic N) is 1. The summed E-state index contributed by atoms with van der Waals surface area (Å²) in [4.78, 5) is 2.41. The maximum absolute atomic E-state index is 6.08. The largest absolute Gasteiger partial charge is 0.372 e. The summed E-state index contributed by atoms with van der Waals surface area (Å²) in [6, 6.07) is 8.77. The molecule has 3 nitrogen and oxygen atoms in total. The third-order valence-corrected chi connectivity index (χ3v) is 3.83. The first kappa shape index (κ1) is 14.4. The lowest BCUT2D eigenvalue weighted by atomic mass is 10.1. The second-order valence-electron chi connectivity index (χ2n) is 5.39. The summed E-state index contributed by atoms with van der Waals surface area (Å²) in [6.45, 7) is 7.33. The molecule has 0 saturated carbocycles. The number of rotatable bonds is 6. The normalized spacial score (nSPS) is 22.7. The second-order valence-corrected chi connectivity index (χ2v) is 5.39. The summed E-state index contributed by atoms with van der Waals surface area (Å²) >= 11 is 0. The predicted octanol–water partition coefficient (Wildman–Crippen LogP) is 2.59. The maximum atomic E-state index is 6.08. The first-order valence-corrected chi connectivity index (χ1v) is 7.34. The quantitative estimate of drug-likeness (QED) is 0.853. The van der Waals surface area contributed by atoms with Gasteiger partial charge in [0.15, 0.2) is 0 Å². The molecule has 0 radical (unpaired) electrons. The molecule has 0 aliphatic carbocycles. The molecule has 0 amide bonds. The van der Waals surface area contributed by atoms with E-state index in [1.165, 1.54) is 24.1 Å². The van der Waals surface area contributed by atoms with E-state index < -0.39 is 0 Å². The van der Waals surface area contributed by atoms with Crippen molar-refractivity contribution in [1.82, 2.24) is 5.32 Å². The van der Waals surface area contributed by atoms with E-state index in [4.69, 9.17) is 4.74 Å². The smallest absolute Gasteiger partial charge is 0.0755 e. The van der Waals surface area contributed by atoms with Crippen LogP contribution in [-0.2, 0) is 4.74 Å². The molecule has 1 saturated heterocycles. The molecule has 1 aliphatic rings. The highest BCUT2D eigenvalue weighted by Crippen LogP contribution is 2.23. The van der Waals surface area contributed by atoms with Gasteiger partial charge in [0.05, 0.1) is 12.2 Å². The Morgan fingerprint density at radius 3 is 2.53 bits per heavy atom. The molecule has 0 bridgehead atoms. The van der Waals surface area contributed by atoms with E-state index in [0.717, 1.165) is 19.6 Å². The fraction of sp³-hybridized carbons (Fsp3) is 0.625. The van der Waals surface area contributed by atoms with Crippen molar-refractivity contribution in [3.05, 3.63) is 29.8 Å². The highest BCUT2D eigenvalue weighted by Gasteiger charge is 2.26. The Bertz CT molecular complexity index is 377. The molecular formula is C16H26N2O. The van der Waals surface area contributed by atoms with E-state index in [2.05, 4.69) is 48.3 Å². The van der Waals surface area contributed by atoms with Gasteiger partial charge in [-0.05, 0) is 45.9 Å². The monoisotopic (exact) mass is 262 g/mol.